The van der Waals surface area contributed by atoms with Crippen LogP contribution in [0.2, 0.25) is 0 Å². The van der Waals surface area contributed by atoms with E-state index < -0.39 is 11.7 Å². The third-order valence-corrected chi connectivity index (χ3v) is 1.99. The molecular formula is C10H12F3N. The molecule has 0 saturated carbocycles. The highest BCUT2D eigenvalue weighted by Crippen LogP contribution is 2.29. The van der Waals surface area contributed by atoms with E-state index in [1.165, 1.54) is 6.21 Å². The lowest BCUT2D eigenvalue weighted by atomic mass is 10.1. The highest BCUT2D eigenvalue weighted by atomic mass is 19.4. The minimum atomic E-state index is -4.24. The largest absolute Gasteiger partial charge is 0.414 e. The molecular weight excluding hydrogens is 191 g/mol. The molecule has 1 aliphatic rings. The Bertz CT molecular complexity index is 284. The fourth-order valence-electron chi connectivity index (χ4n) is 1.20. The van der Waals surface area contributed by atoms with E-state index in [0.29, 0.717) is 12.8 Å². The van der Waals surface area contributed by atoms with Crippen LogP contribution in [0.4, 0.5) is 13.2 Å². The number of alkyl halides is 3. The first-order valence-corrected chi connectivity index (χ1v) is 4.46. The molecule has 1 nitrogen and oxygen atoms in total. The highest BCUT2D eigenvalue weighted by molar-refractivity contribution is 5.78. The molecule has 0 aromatic heterocycles. The van der Waals surface area contributed by atoms with Gasteiger partial charge in [0.1, 0.15) is 0 Å². The Kier molecular flexibility index (Phi) is 3.49. The second kappa shape index (κ2) is 4.44. The van der Waals surface area contributed by atoms with Gasteiger partial charge in [-0.25, -0.2) is 0 Å². The van der Waals surface area contributed by atoms with E-state index in [1.54, 1.807) is 0 Å². The Hall–Kier alpha value is -1.06. The summed E-state index contributed by atoms with van der Waals surface area (Å²) in [5.41, 5.74) is 0.363. The fraction of sp³-hybridized carbons (Fsp3) is 0.500. The molecule has 0 bridgehead atoms. The summed E-state index contributed by atoms with van der Waals surface area (Å²) in [7, 11) is 0. The van der Waals surface area contributed by atoms with E-state index in [4.69, 9.17) is 0 Å². The first-order chi connectivity index (χ1) is 6.50. The lowest BCUT2D eigenvalue weighted by Crippen LogP contribution is -2.11. The van der Waals surface area contributed by atoms with Gasteiger partial charge < -0.3 is 0 Å². The van der Waals surface area contributed by atoms with Crippen molar-refractivity contribution in [1.29, 1.82) is 0 Å². The number of hydrogen-bond acceptors (Lipinski definition) is 1. The molecule has 0 unspecified atom stereocenters. The van der Waals surface area contributed by atoms with E-state index in [2.05, 4.69) is 4.99 Å². The Morgan fingerprint density at radius 1 is 1.36 bits per heavy atom. The molecule has 0 radical (unpaired) electrons. The summed E-state index contributed by atoms with van der Waals surface area (Å²) in [6, 6.07) is 0. The standard InChI is InChI=1S/C10H12F3N/c1-8-4-2-3-5-9(7-14-6-8)10(11,12)13/h4,6-7H,2-3,5H2,1H3/b8-4?,9-7-,14-6?. The molecule has 0 saturated heterocycles. The van der Waals surface area contributed by atoms with Crippen molar-refractivity contribution in [3.05, 3.63) is 23.4 Å². The third-order valence-electron chi connectivity index (χ3n) is 1.99. The fourth-order valence-corrected chi connectivity index (χ4v) is 1.20. The zero-order valence-corrected chi connectivity index (χ0v) is 7.93. The molecule has 0 aromatic carbocycles. The molecule has 0 aliphatic carbocycles. The van der Waals surface area contributed by atoms with Gasteiger partial charge in [-0.3, -0.25) is 4.99 Å². The summed E-state index contributed by atoms with van der Waals surface area (Å²) in [6.45, 7) is 1.83. The molecule has 0 N–H and O–H groups in total. The molecule has 1 heterocycles. The molecule has 0 spiro atoms. The summed E-state index contributed by atoms with van der Waals surface area (Å²) < 4.78 is 37.0. The van der Waals surface area contributed by atoms with Gasteiger partial charge in [-0.1, -0.05) is 6.08 Å². The van der Waals surface area contributed by atoms with Gasteiger partial charge in [0, 0.05) is 12.4 Å². The van der Waals surface area contributed by atoms with Crippen LogP contribution in [0.25, 0.3) is 0 Å². The van der Waals surface area contributed by atoms with Crippen LogP contribution in [0, 0.1) is 0 Å². The van der Waals surface area contributed by atoms with Gasteiger partial charge in [0.2, 0.25) is 0 Å². The van der Waals surface area contributed by atoms with Crippen LogP contribution in [-0.2, 0) is 0 Å². The van der Waals surface area contributed by atoms with Gasteiger partial charge in [0.15, 0.2) is 0 Å². The monoisotopic (exact) mass is 203 g/mol. The molecule has 0 amide bonds. The maximum Gasteiger partial charge on any atom is 0.414 e. The average molecular weight is 203 g/mol. The molecule has 14 heavy (non-hydrogen) atoms. The van der Waals surface area contributed by atoms with Gasteiger partial charge in [0.05, 0.1) is 5.57 Å². The summed E-state index contributed by atoms with van der Waals surface area (Å²) in [4.78, 5) is 3.64. The molecule has 0 aromatic rings. The number of halogens is 3. The zero-order valence-electron chi connectivity index (χ0n) is 7.93. The maximum atomic E-state index is 12.3. The zero-order chi connectivity index (χ0) is 10.6. The number of allylic oxidation sites excluding steroid dienone is 3. The van der Waals surface area contributed by atoms with Gasteiger partial charge in [-0.05, 0) is 31.8 Å². The third kappa shape index (κ3) is 3.36. The summed E-state index contributed by atoms with van der Waals surface area (Å²) in [5, 5.41) is 0. The molecule has 4 heteroatoms. The topological polar surface area (TPSA) is 12.4 Å². The molecule has 1 rings (SSSR count). The number of nitrogens with zero attached hydrogens (tertiary/aromatic N) is 1. The van der Waals surface area contributed by atoms with Crippen LogP contribution in [0.1, 0.15) is 26.2 Å². The Labute approximate surface area is 81.0 Å². The van der Waals surface area contributed by atoms with E-state index in [0.717, 1.165) is 11.8 Å². The van der Waals surface area contributed by atoms with Crippen LogP contribution < -0.4 is 0 Å². The normalized spacial score (nSPS) is 22.9. The smallest absolute Gasteiger partial charge is 0.264 e. The summed E-state index contributed by atoms with van der Waals surface area (Å²) in [5.74, 6) is 0. The van der Waals surface area contributed by atoms with Crippen molar-refractivity contribution in [3.63, 3.8) is 0 Å². The van der Waals surface area contributed by atoms with E-state index in [-0.39, 0.29) is 6.42 Å². The first-order valence-electron chi connectivity index (χ1n) is 4.46. The van der Waals surface area contributed by atoms with Crippen molar-refractivity contribution >= 4 is 6.21 Å². The second-order valence-corrected chi connectivity index (χ2v) is 3.27. The molecule has 0 fully saturated rings. The van der Waals surface area contributed by atoms with Crippen molar-refractivity contribution in [3.8, 4) is 0 Å². The van der Waals surface area contributed by atoms with Crippen LogP contribution in [0.5, 0.6) is 0 Å². The van der Waals surface area contributed by atoms with Gasteiger partial charge in [-0.2, -0.15) is 13.2 Å². The first kappa shape index (κ1) is 11.0. The van der Waals surface area contributed by atoms with Crippen molar-refractivity contribution in [2.75, 3.05) is 0 Å². The van der Waals surface area contributed by atoms with Gasteiger partial charge in [-0.15, -0.1) is 0 Å². The second-order valence-electron chi connectivity index (χ2n) is 3.27. The summed E-state index contributed by atoms with van der Waals surface area (Å²) >= 11 is 0. The minimum absolute atomic E-state index is 0.0462. The van der Waals surface area contributed by atoms with Crippen LogP contribution in [0.15, 0.2) is 28.4 Å². The predicted octanol–water partition coefficient (Wildman–Crippen LogP) is 3.63. The number of rotatable bonds is 0. The van der Waals surface area contributed by atoms with Crippen molar-refractivity contribution in [1.82, 2.24) is 0 Å². The van der Waals surface area contributed by atoms with Crippen molar-refractivity contribution in [2.45, 2.75) is 32.4 Å². The van der Waals surface area contributed by atoms with Crippen molar-refractivity contribution in [2.24, 2.45) is 4.99 Å². The number of aliphatic imine (C=N–C) groups is 1. The Balaban J connectivity index is 2.83. The van der Waals surface area contributed by atoms with E-state index in [9.17, 15) is 13.2 Å². The maximum absolute atomic E-state index is 12.3. The van der Waals surface area contributed by atoms with Gasteiger partial charge >= 0.3 is 6.18 Å². The lowest BCUT2D eigenvalue weighted by molar-refractivity contribution is -0.0942. The molecule has 0 atom stereocenters. The van der Waals surface area contributed by atoms with E-state index in [1.807, 2.05) is 13.0 Å². The highest BCUT2D eigenvalue weighted by Gasteiger charge is 2.32. The SMILES string of the molecule is CC1=CCCC/C(C(F)(F)F)=C/N=C1. The molecule has 1 aliphatic heterocycles. The van der Waals surface area contributed by atoms with Crippen LogP contribution in [-0.4, -0.2) is 12.4 Å². The van der Waals surface area contributed by atoms with E-state index >= 15 is 0 Å². The average Bonchev–Trinajstić information content (AvgIpc) is 2.15. The summed E-state index contributed by atoms with van der Waals surface area (Å²) in [6.07, 6.45) is 1.27. The minimum Gasteiger partial charge on any atom is -0.264 e. The quantitative estimate of drug-likeness (QED) is 0.570. The Morgan fingerprint density at radius 3 is 2.71 bits per heavy atom. The number of hydrogen-bond donors (Lipinski definition) is 0. The molecule has 78 valence electrons. The van der Waals surface area contributed by atoms with Crippen LogP contribution >= 0.6 is 0 Å². The lowest BCUT2D eigenvalue weighted by Gasteiger charge is -2.09. The predicted molar refractivity (Wildman–Crippen MR) is 50.2 cm³/mol. The van der Waals surface area contributed by atoms with Crippen LogP contribution in [0.3, 0.4) is 0 Å². The Morgan fingerprint density at radius 2 is 2.07 bits per heavy atom. The van der Waals surface area contributed by atoms with Gasteiger partial charge in [0.25, 0.3) is 0 Å². The van der Waals surface area contributed by atoms with Crippen molar-refractivity contribution < 1.29 is 13.2 Å².